The van der Waals surface area contributed by atoms with Crippen LogP contribution in [-0.4, -0.2) is 29.0 Å². The maximum Gasteiger partial charge on any atom is 0.126 e. The second-order valence-electron chi connectivity index (χ2n) is 7.36. The normalized spacial score (nSPS) is 16.2. The number of aliphatic hydroxyl groups is 2. The molecule has 0 fully saturated rings. The van der Waals surface area contributed by atoms with Gasteiger partial charge >= 0.3 is 0 Å². The van der Waals surface area contributed by atoms with Crippen molar-refractivity contribution in [3.8, 4) is 5.75 Å². The molecular weight excluding hydrogens is 276 g/mol. The van der Waals surface area contributed by atoms with Crippen molar-refractivity contribution >= 4 is 0 Å². The Morgan fingerprint density at radius 3 is 2.18 bits per heavy atom. The molecule has 0 aliphatic heterocycles. The van der Waals surface area contributed by atoms with Crippen LogP contribution in [0.4, 0.5) is 0 Å². The molecule has 126 valence electrons. The number of aliphatic hydroxyl groups excluding tert-OH is 2. The molecule has 0 radical (unpaired) electrons. The molecule has 3 unspecified atom stereocenters. The van der Waals surface area contributed by atoms with Crippen molar-refractivity contribution in [1.82, 2.24) is 0 Å². The standard InChI is InChI=1S/C19H32O3/c1-8-22-18-15(13(3)11-17(21)14(4)20)9-12(2)10-16(18)19(5,6)7/h9-10,13-14,17,20-21H,8,11H2,1-7H3. The second kappa shape index (κ2) is 7.47. The van der Waals surface area contributed by atoms with Gasteiger partial charge in [0.1, 0.15) is 5.75 Å². The van der Waals surface area contributed by atoms with Gasteiger partial charge in [0, 0.05) is 5.56 Å². The van der Waals surface area contributed by atoms with E-state index < -0.39 is 12.2 Å². The second-order valence-corrected chi connectivity index (χ2v) is 7.36. The van der Waals surface area contributed by atoms with Gasteiger partial charge in [0.25, 0.3) is 0 Å². The van der Waals surface area contributed by atoms with E-state index in [1.807, 2.05) is 6.92 Å². The van der Waals surface area contributed by atoms with Crippen molar-refractivity contribution in [2.24, 2.45) is 0 Å². The lowest BCUT2D eigenvalue weighted by Crippen LogP contribution is -2.24. The van der Waals surface area contributed by atoms with Gasteiger partial charge in [0.2, 0.25) is 0 Å². The van der Waals surface area contributed by atoms with Crippen LogP contribution in [0.5, 0.6) is 5.75 Å². The van der Waals surface area contributed by atoms with E-state index >= 15 is 0 Å². The Hall–Kier alpha value is -1.06. The smallest absolute Gasteiger partial charge is 0.126 e. The van der Waals surface area contributed by atoms with Crippen molar-refractivity contribution in [2.45, 2.75) is 78.4 Å². The zero-order valence-electron chi connectivity index (χ0n) is 15.1. The molecule has 3 heteroatoms. The first-order valence-electron chi connectivity index (χ1n) is 8.21. The van der Waals surface area contributed by atoms with E-state index in [0.717, 1.165) is 11.3 Å². The molecule has 3 nitrogen and oxygen atoms in total. The molecule has 0 aromatic heterocycles. The highest BCUT2D eigenvalue weighted by Gasteiger charge is 2.25. The molecule has 0 spiro atoms. The average Bonchev–Trinajstić information content (AvgIpc) is 2.38. The Morgan fingerprint density at radius 2 is 1.73 bits per heavy atom. The van der Waals surface area contributed by atoms with E-state index in [4.69, 9.17) is 4.74 Å². The average molecular weight is 308 g/mol. The quantitative estimate of drug-likeness (QED) is 0.837. The van der Waals surface area contributed by atoms with Gasteiger partial charge in [-0.1, -0.05) is 45.4 Å². The summed E-state index contributed by atoms with van der Waals surface area (Å²) in [6.45, 7) is 15.0. The maximum atomic E-state index is 9.99. The Balaban J connectivity index is 3.30. The summed E-state index contributed by atoms with van der Waals surface area (Å²) in [5.74, 6) is 1.05. The van der Waals surface area contributed by atoms with Crippen LogP contribution in [0.1, 0.15) is 70.6 Å². The van der Waals surface area contributed by atoms with Crippen LogP contribution in [0.2, 0.25) is 0 Å². The van der Waals surface area contributed by atoms with Crippen LogP contribution >= 0.6 is 0 Å². The molecule has 0 saturated heterocycles. The van der Waals surface area contributed by atoms with Gasteiger partial charge in [-0.2, -0.15) is 0 Å². The van der Waals surface area contributed by atoms with Crippen molar-refractivity contribution in [1.29, 1.82) is 0 Å². The molecule has 0 saturated carbocycles. The highest BCUT2D eigenvalue weighted by molar-refractivity contribution is 5.49. The van der Waals surface area contributed by atoms with Crippen molar-refractivity contribution in [3.63, 3.8) is 0 Å². The van der Waals surface area contributed by atoms with Crippen molar-refractivity contribution in [3.05, 3.63) is 28.8 Å². The van der Waals surface area contributed by atoms with E-state index in [2.05, 4.69) is 46.8 Å². The summed E-state index contributed by atoms with van der Waals surface area (Å²) >= 11 is 0. The molecule has 22 heavy (non-hydrogen) atoms. The van der Waals surface area contributed by atoms with Crippen LogP contribution in [-0.2, 0) is 5.41 Å². The lowest BCUT2D eigenvalue weighted by molar-refractivity contribution is 0.0226. The minimum Gasteiger partial charge on any atom is -0.493 e. The number of aryl methyl sites for hydroxylation is 1. The van der Waals surface area contributed by atoms with E-state index in [-0.39, 0.29) is 11.3 Å². The van der Waals surface area contributed by atoms with E-state index in [1.165, 1.54) is 11.1 Å². The van der Waals surface area contributed by atoms with Gasteiger partial charge < -0.3 is 14.9 Å². The Bertz CT molecular complexity index is 486. The predicted molar refractivity (Wildman–Crippen MR) is 91.8 cm³/mol. The van der Waals surface area contributed by atoms with E-state index in [1.54, 1.807) is 6.92 Å². The largest absolute Gasteiger partial charge is 0.493 e. The van der Waals surface area contributed by atoms with Gasteiger partial charge in [0.05, 0.1) is 18.8 Å². The first-order valence-corrected chi connectivity index (χ1v) is 8.21. The van der Waals surface area contributed by atoms with Crippen molar-refractivity contribution < 1.29 is 14.9 Å². The molecule has 0 amide bonds. The third-order valence-corrected chi connectivity index (χ3v) is 4.04. The summed E-state index contributed by atoms with van der Waals surface area (Å²) in [6, 6.07) is 4.33. The zero-order valence-corrected chi connectivity index (χ0v) is 15.1. The lowest BCUT2D eigenvalue weighted by Gasteiger charge is -2.28. The fourth-order valence-corrected chi connectivity index (χ4v) is 2.72. The molecule has 0 bridgehead atoms. The molecule has 1 aromatic carbocycles. The lowest BCUT2D eigenvalue weighted by atomic mass is 9.81. The first kappa shape index (κ1) is 19.0. The molecular formula is C19H32O3. The molecule has 2 N–H and O–H groups in total. The summed E-state index contributed by atoms with van der Waals surface area (Å²) in [5, 5.41) is 19.5. The number of benzene rings is 1. The molecule has 3 atom stereocenters. The minimum absolute atomic E-state index is 0.00607. The summed E-state index contributed by atoms with van der Waals surface area (Å²) in [7, 11) is 0. The highest BCUT2D eigenvalue weighted by atomic mass is 16.5. The monoisotopic (exact) mass is 308 g/mol. The van der Waals surface area contributed by atoms with E-state index in [0.29, 0.717) is 13.0 Å². The van der Waals surface area contributed by atoms with Crippen LogP contribution < -0.4 is 4.74 Å². The molecule has 1 aromatic rings. The third-order valence-electron chi connectivity index (χ3n) is 4.04. The van der Waals surface area contributed by atoms with Crippen LogP contribution in [0, 0.1) is 6.92 Å². The van der Waals surface area contributed by atoms with Crippen LogP contribution in [0.3, 0.4) is 0 Å². The fraction of sp³-hybridized carbons (Fsp3) is 0.684. The Morgan fingerprint density at radius 1 is 1.14 bits per heavy atom. The molecule has 0 aliphatic carbocycles. The SMILES string of the molecule is CCOc1c(C(C)CC(O)C(C)O)cc(C)cc1C(C)(C)C. The first-order chi connectivity index (χ1) is 10.1. The maximum absolute atomic E-state index is 9.99. The number of ether oxygens (including phenoxy) is 1. The molecule has 0 aliphatic rings. The minimum atomic E-state index is -0.719. The summed E-state index contributed by atoms with van der Waals surface area (Å²) < 4.78 is 5.97. The molecule has 1 rings (SSSR count). The van der Waals surface area contributed by atoms with Crippen LogP contribution in [0.25, 0.3) is 0 Å². The van der Waals surface area contributed by atoms with Crippen molar-refractivity contribution in [2.75, 3.05) is 6.61 Å². The number of hydrogen-bond donors (Lipinski definition) is 2. The summed E-state index contributed by atoms with van der Waals surface area (Å²) in [5.41, 5.74) is 3.50. The van der Waals surface area contributed by atoms with Gasteiger partial charge in [-0.25, -0.2) is 0 Å². The summed E-state index contributed by atoms with van der Waals surface area (Å²) in [6.07, 6.45) is -0.918. The Labute approximate surface area is 135 Å². The van der Waals surface area contributed by atoms with Gasteiger partial charge in [-0.3, -0.25) is 0 Å². The van der Waals surface area contributed by atoms with Gasteiger partial charge in [-0.05, 0) is 44.1 Å². The predicted octanol–water partition coefficient (Wildman–Crippen LogP) is 3.93. The molecule has 0 heterocycles. The van der Waals surface area contributed by atoms with Gasteiger partial charge in [0.15, 0.2) is 0 Å². The third kappa shape index (κ3) is 4.72. The van der Waals surface area contributed by atoms with E-state index in [9.17, 15) is 10.2 Å². The Kier molecular flexibility index (Phi) is 6.45. The fourth-order valence-electron chi connectivity index (χ4n) is 2.72. The number of rotatable bonds is 6. The number of hydrogen-bond acceptors (Lipinski definition) is 3. The topological polar surface area (TPSA) is 49.7 Å². The summed E-state index contributed by atoms with van der Waals surface area (Å²) in [4.78, 5) is 0. The van der Waals surface area contributed by atoms with Gasteiger partial charge in [-0.15, -0.1) is 0 Å². The van der Waals surface area contributed by atoms with Crippen LogP contribution in [0.15, 0.2) is 12.1 Å². The highest BCUT2D eigenvalue weighted by Crippen LogP contribution is 2.39. The zero-order chi connectivity index (χ0) is 17.1.